The number of hydrogen-bond donors (Lipinski definition) is 2. The summed E-state index contributed by atoms with van der Waals surface area (Å²) in [6, 6.07) is 1.87. The van der Waals surface area contributed by atoms with Crippen LogP contribution in [0.25, 0.3) is 0 Å². The Bertz CT molecular complexity index is 540. The van der Waals surface area contributed by atoms with Crippen molar-refractivity contribution >= 4 is 21.4 Å². The molecule has 1 aromatic heterocycles. The van der Waals surface area contributed by atoms with E-state index >= 15 is 0 Å². The van der Waals surface area contributed by atoms with E-state index in [9.17, 15) is 8.42 Å². The highest BCUT2D eigenvalue weighted by Crippen LogP contribution is 2.26. The summed E-state index contributed by atoms with van der Waals surface area (Å²) in [5, 5.41) is 5.14. The summed E-state index contributed by atoms with van der Waals surface area (Å²) in [6.45, 7) is 5.81. The van der Waals surface area contributed by atoms with Gasteiger partial charge in [0.2, 0.25) is 10.0 Å². The molecule has 2 N–H and O–H groups in total. The molecule has 6 heteroatoms. The molecule has 1 fully saturated rings. The van der Waals surface area contributed by atoms with Gasteiger partial charge in [0.05, 0.1) is 0 Å². The zero-order chi connectivity index (χ0) is 15.3. The minimum absolute atomic E-state index is 0.0804. The predicted octanol–water partition coefficient (Wildman–Crippen LogP) is 3.10. The highest BCUT2D eigenvalue weighted by Gasteiger charge is 2.26. The van der Waals surface area contributed by atoms with Crippen molar-refractivity contribution in [3.63, 3.8) is 0 Å². The van der Waals surface area contributed by atoms with Gasteiger partial charge in [-0.25, -0.2) is 13.1 Å². The van der Waals surface area contributed by atoms with E-state index in [0.29, 0.717) is 10.1 Å². The predicted molar refractivity (Wildman–Crippen MR) is 88.1 cm³/mol. The normalized spacial score (nSPS) is 23.9. The molecular formula is C15H26N2O2S2. The molecule has 0 aliphatic heterocycles. The van der Waals surface area contributed by atoms with Crippen LogP contribution in [0.5, 0.6) is 0 Å². The number of sulfonamides is 1. The summed E-state index contributed by atoms with van der Waals surface area (Å²) in [4.78, 5) is 0. The summed E-state index contributed by atoms with van der Waals surface area (Å²) >= 11 is 1.31. The molecule has 1 saturated carbocycles. The average Bonchev–Trinajstić information content (AvgIpc) is 2.84. The SMILES string of the molecule is CCNCc1csc(S(=O)(=O)NC2CCCCCC2C)c1. The highest BCUT2D eigenvalue weighted by atomic mass is 32.2. The third-order valence-corrected chi connectivity index (χ3v) is 7.12. The molecule has 1 aliphatic carbocycles. The maximum absolute atomic E-state index is 12.5. The van der Waals surface area contributed by atoms with E-state index in [-0.39, 0.29) is 6.04 Å². The van der Waals surface area contributed by atoms with Crippen LogP contribution < -0.4 is 10.0 Å². The Balaban J connectivity index is 2.04. The van der Waals surface area contributed by atoms with Crippen molar-refractivity contribution < 1.29 is 8.42 Å². The molecule has 2 rings (SSSR count). The topological polar surface area (TPSA) is 58.2 Å². The second kappa shape index (κ2) is 7.72. The molecule has 4 nitrogen and oxygen atoms in total. The molecule has 1 aromatic rings. The second-order valence-corrected chi connectivity index (χ2v) is 8.75. The summed E-state index contributed by atoms with van der Waals surface area (Å²) < 4.78 is 28.4. The van der Waals surface area contributed by atoms with Gasteiger partial charge in [0, 0.05) is 12.6 Å². The summed E-state index contributed by atoms with van der Waals surface area (Å²) in [7, 11) is -3.37. The Morgan fingerprint density at radius 3 is 2.81 bits per heavy atom. The third kappa shape index (κ3) is 4.77. The lowest BCUT2D eigenvalue weighted by Crippen LogP contribution is -2.38. The fraction of sp³-hybridized carbons (Fsp3) is 0.733. The molecule has 0 amide bonds. The summed E-state index contributed by atoms with van der Waals surface area (Å²) in [5.74, 6) is 0.420. The third-order valence-electron chi connectivity index (χ3n) is 4.14. The first kappa shape index (κ1) is 16.9. The van der Waals surface area contributed by atoms with Gasteiger partial charge in [-0.05, 0) is 42.3 Å². The molecule has 2 unspecified atom stereocenters. The maximum Gasteiger partial charge on any atom is 0.250 e. The van der Waals surface area contributed by atoms with E-state index in [1.807, 2.05) is 12.3 Å². The monoisotopic (exact) mass is 330 g/mol. The Kier molecular flexibility index (Phi) is 6.22. The van der Waals surface area contributed by atoms with E-state index < -0.39 is 10.0 Å². The van der Waals surface area contributed by atoms with Crippen LogP contribution in [0.3, 0.4) is 0 Å². The first-order valence-corrected chi connectivity index (χ1v) is 10.2. The van der Waals surface area contributed by atoms with Crippen LogP contribution >= 0.6 is 11.3 Å². The van der Waals surface area contributed by atoms with Gasteiger partial charge in [0.1, 0.15) is 4.21 Å². The Hall–Kier alpha value is -0.430. The van der Waals surface area contributed by atoms with Gasteiger partial charge in [0.15, 0.2) is 0 Å². The average molecular weight is 331 g/mol. The molecule has 2 atom stereocenters. The zero-order valence-corrected chi connectivity index (χ0v) is 14.5. The first-order valence-electron chi connectivity index (χ1n) is 7.83. The van der Waals surface area contributed by atoms with Crippen LogP contribution in [0.1, 0.15) is 51.5 Å². The van der Waals surface area contributed by atoms with E-state index in [4.69, 9.17) is 0 Å². The minimum atomic E-state index is -3.37. The van der Waals surface area contributed by atoms with E-state index in [1.54, 1.807) is 6.07 Å². The number of hydrogen-bond acceptors (Lipinski definition) is 4. The first-order chi connectivity index (χ1) is 10.0. The molecule has 1 aliphatic rings. The number of rotatable bonds is 6. The van der Waals surface area contributed by atoms with Crippen molar-refractivity contribution in [1.29, 1.82) is 0 Å². The molecule has 21 heavy (non-hydrogen) atoms. The Morgan fingerprint density at radius 2 is 2.05 bits per heavy atom. The molecule has 120 valence electrons. The van der Waals surface area contributed by atoms with Crippen molar-refractivity contribution in [3.8, 4) is 0 Å². The summed E-state index contributed by atoms with van der Waals surface area (Å²) in [6.07, 6.45) is 5.62. The Morgan fingerprint density at radius 1 is 1.29 bits per heavy atom. The standard InChI is InChI=1S/C15H26N2O2S2/c1-3-16-10-13-9-15(20-11-13)21(18,19)17-14-8-6-4-5-7-12(14)2/h9,11-12,14,16-17H,3-8,10H2,1-2H3. The van der Waals surface area contributed by atoms with Crippen LogP contribution in [0.2, 0.25) is 0 Å². The van der Waals surface area contributed by atoms with Gasteiger partial charge in [-0.1, -0.05) is 33.1 Å². The van der Waals surface area contributed by atoms with Gasteiger partial charge in [0.25, 0.3) is 0 Å². The molecule has 0 spiro atoms. The van der Waals surface area contributed by atoms with Crippen LogP contribution in [0.4, 0.5) is 0 Å². The minimum Gasteiger partial charge on any atom is -0.313 e. The van der Waals surface area contributed by atoms with E-state index in [1.165, 1.54) is 24.2 Å². The fourth-order valence-corrected chi connectivity index (χ4v) is 5.39. The lowest BCUT2D eigenvalue weighted by Gasteiger charge is -2.22. The highest BCUT2D eigenvalue weighted by molar-refractivity contribution is 7.91. The molecule has 0 bridgehead atoms. The maximum atomic E-state index is 12.5. The lowest BCUT2D eigenvalue weighted by atomic mass is 9.98. The molecule has 0 radical (unpaired) electrons. The smallest absolute Gasteiger partial charge is 0.250 e. The molecule has 0 saturated heterocycles. The molecular weight excluding hydrogens is 304 g/mol. The number of thiophene rings is 1. The van der Waals surface area contributed by atoms with Crippen LogP contribution in [-0.4, -0.2) is 21.0 Å². The van der Waals surface area contributed by atoms with Crippen LogP contribution in [0, 0.1) is 5.92 Å². The quantitative estimate of drug-likeness (QED) is 0.788. The zero-order valence-electron chi connectivity index (χ0n) is 12.9. The van der Waals surface area contributed by atoms with Gasteiger partial charge >= 0.3 is 0 Å². The van der Waals surface area contributed by atoms with Gasteiger partial charge in [-0.15, -0.1) is 11.3 Å². The Labute approximate surface area is 132 Å². The van der Waals surface area contributed by atoms with E-state index in [0.717, 1.165) is 37.9 Å². The summed E-state index contributed by atoms with van der Waals surface area (Å²) in [5.41, 5.74) is 1.04. The number of nitrogens with one attached hydrogen (secondary N) is 2. The van der Waals surface area contributed by atoms with Gasteiger partial charge in [-0.3, -0.25) is 0 Å². The van der Waals surface area contributed by atoms with Crippen molar-refractivity contribution in [3.05, 3.63) is 17.0 Å². The van der Waals surface area contributed by atoms with Crippen molar-refractivity contribution in [1.82, 2.24) is 10.0 Å². The fourth-order valence-electron chi connectivity index (χ4n) is 2.78. The van der Waals surface area contributed by atoms with Crippen molar-refractivity contribution in [2.45, 2.75) is 62.7 Å². The second-order valence-electron chi connectivity index (χ2n) is 5.90. The molecule has 0 aromatic carbocycles. The largest absolute Gasteiger partial charge is 0.313 e. The lowest BCUT2D eigenvalue weighted by molar-refractivity contribution is 0.400. The van der Waals surface area contributed by atoms with Crippen LogP contribution in [-0.2, 0) is 16.6 Å². The van der Waals surface area contributed by atoms with Gasteiger partial charge < -0.3 is 5.32 Å². The van der Waals surface area contributed by atoms with Crippen molar-refractivity contribution in [2.75, 3.05) is 6.54 Å². The van der Waals surface area contributed by atoms with E-state index in [2.05, 4.69) is 17.0 Å². The van der Waals surface area contributed by atoms with Crippen LogP contribution in [0.15, 0.2) is 15.7 Å². The van der Waals surface area contributed by atoms with Gasteiger partial charge in [-0.2, -0.15) is 0 Å². The van der Waals surface area contributed by atoms with Crippen molar-refractivity contribution in [2.24, 2.45) is 5.92 Å². The molecule has 1 heterocycles.